The highest BCUT2D eigenvalue weighted by molar-refractivity contribution is 5.33. The molecule has 0 saturated carbocycles. The molecule has 4 heteroatoms. The third-order valence-corrected chi connectivity index (χ3v) is 5.19. The molecule has 1 atom stereocenters. The van der Waals surface area contributed by atoms with Gasteiger partial charge in [0.25, 0.3) is 0 Å². The zero-order valence-electron chi connectivity index (χ0n) is 16.9. The van der Waals surface area contributed by atoms with Gasteiger partial charge in [-0.2, -0.15) is 0 Å². The molecule has 1 aliphatic rings. The fourth-order valence-electron chi connectivity index (χ4n) is 3.55. The van der Waals surface area contributed by atoms with Crippen LogP contribution in [0.1, 0.15) is 43.8 Å². The van der Waals surface area contributed by atoms with Crippen LogP contribution in [0.15, 0.2) is 48.5 Å². The number of benzene rings is 2. The maximum absolute atomic E-state index is 6.09. The van der Waals surface area contributed by atoms with E-state index in [0.717, 1.165) is 42.4 Å². The van der Waals surface area contributed by atoms with Gasteiger partial charge in [0.15, 0.2) is 0 Å². The summed E-state index contributed by atoms with van der Waals surface area (Å²) < 4.78 is 17.2. The highest BCUT2D eigenvalue weighted by Gasteiger charge is 2.12. The van der Waals surface area contributed by atoms with Crippen molar-refractivity contribution < 1.29 is 14.2 Å². The summed E-state index contributed by atoms with van der Waals surface area (Å²) in [6, 6.07) is 15.8. The van der Waals surface area contributed by atoms with Crippen LogP contribution in [0.3, 0.4) is 0 Å². The highest BCUT2D eigenvalue weighted by Crippen LogP contribution is 2.27. The van der Waals surface area contributed by atoms with Crippen molar-refractivity contribution in [2.24, 2.45) is 0 Å². The molecule has 0 bridgehead atoms. The first-order valence-electron chi connectivity index (χ1n) is 10.3. The summed E-state index contributed by atoms with van der Waals surface area (Å²) >= 11 is 0. The van der Waals surface area contributed by atoms with E-state index < -0.39 is 0 Å². The van der Waals surface area contributed by atoms with Crippen LogP contribution in [-0.2, 0) is 0 Å². The average Bonchev–Trinajstić information content (AvgIpc) is 2.77. The Morgan fingerprint density at radius 3 is 2.18 bits per heavy atom. The van der Waals surface area contributed by atoms with Crippen molar-refractivity contribution >= 4 is 0 Å². The molecule has 1 saturated heterocycles. The van der Waals surface area contributed by atoms with Gasteiger partial charge in [-0.3, -0.25) is 0 Å². The number of piperidine rings is 1. The van der Waals surface area contributed by atoms with E-state index in [1.54, 1.807) is 7.11 Å². The van der Waals surface area contributed by atoms with E-state index in [0.29, 0.717) is 6.42 Å². The zero-order valence-corrected chi connectivity index (χ0v) is 16.9. The van der Waals surface area contributed by atoms with Crippen LogP contribution in [0.5, 0.6) is 17.2 Å². The van der Waals surface area contributed by atoms with Crippen LogP contribution in [-0.4, -0.2) is 38.3 Å². The van der Waals surface area contributed by atoms with Crippen molar-refractivity contribution in [1.82, 2.24) is 4.90 Å². The topological polar surface area (TPSA) is 30.9 Å². The Balaban J connectivity index is 1.46. The minimum Gasteiger partial charge on any atom is -0.497 e. The van der Waals surface area contributed by atoms with E-state index in [1.165, 1.54) is 32.4 Å². The van der Waals surface area contributed by atoms with Gasteiger partial charge >= 0.3 is 0 Å². The number of ether oxygens (including phenoxy) is 3. The van der Waals surface area contributed by atoms with Gasteiger partial charge in [0.2, 0.25) is 0 Å². The monoisotopic (exact) mass is 382 g/mol. The zero-order chi connectivity index (χ0) is 19.6. The molecule has 0 aliphatic carbocycles. The van der Waals surface area contributed by atoms with Crippen LogP contribution < -0.4 is 14.2 Å². The second-order valence-electron chi connectivity index (χ2n) is 7.24. The van der Waals surface area contributed by atoms with E-state index in [4.69, 9.17) is 14.2 Å². The first-order chi connectivity index (χ1) is 13.8. The van der Waals surface area contributed by atoms with Crippen LogP contribution >= 0.6 is 0 Å². The Hall–Kier alpha value is -2.20. The van der Waals surface area contributed by atoms with Gasteiger partial charge < -0.3 is 19.1 Å². The highest BCUT2D eigenvalue weighted by atomic mass is 16.5. The van der Waals surface area contributed by atoms with Crippen molar-refractivity contribution in [3.05, 3.63) is 61.0 Å². The summed E-state index contributed by atoms with van der Waals surface area (Å²) in [4.78, 5) is 2.55. The van der Waals surface area contributed by atoms with Gasteiger partial charge in [0.05, 0.1) is 13.7 Å². The van der Waals surface area contributed by atoms with Gasteiger partial charge in [0.1, 0.15) is 23.4 Å². The summed E-state index contributed by atoms with van der Waals surface area (Å²) in [6.45, 7) is 8.42. The molecule has 0 aromatic heterocycles. The number of likely N-dealkylation sites (tertiary alicyclic amines) is 1. The molecule has 0 amide bonds. The Labute approximate surface area is 169 Å². The van der Waals surface area contributed by atoms with Crippen LogP contribution in [0.4, 0.5) is 0 Å². The second-order valence-corrected chi connectivity index (χ2v) is 7.24. The Kier molecular flexibility index (Phi) is 8.04. The molecule has 2 aromatic carbocycles. The molecule has 1 unspecified atom stereocenters. The number of hydrogen-bond acceptors (Lipinski definition) is 4. The van der Waals surface area contributed by atoms with Crippen LogP contribution in [0.25, 0.3) is 0 Å². The van der Waals surface area contributed by atoms with Crippen LogP contribution in [0.2, 0.25) is 0 Å². The van der Waals surface area contributed by atoms with Gasteiger partial charge in [-0.25, -0.2) is 0 Å². The lowest BCUT2D eigenvalue weighted by Gasteiger charge is -2.26. The Morgan fingerprint density at radius 1 is 0.893 bits per heavy atom. The minimum absolute atomic E-state index is 0.0819. The summed E-state index contributed by atoms with van der Waals surface area (Å²) in [6.07, 6.45) is 5.71. The molecule has 3 rings (SSSR count). The molecular weight excluding hydrogens is 350 g/mol. The molecule has 1 heterocycles. The average molecular weight is 383 g/mol. The molecule has 1 fully saturated rings. The van der Waals surface area contributed by atoms with Gasteiger partial charge in [0, 0.05) is 6.54 Å². The van der Waals surface area contributed by atoms with E-state index in [9.17, 15) is 0 Å². The van der Waals surface area contributed by atoms with Crippen molar-refractivity contribution in [2.45, 2.75) is 38.2 Å². The molecule has 4 nitrogen and oxygen atoms in total. The predicted molar refractivity (Wildman–Crippen MR) is 113 cm³/mol. The smallest absolute Gasteiger partial charge is 0.124 e. The Morgan fingerprint density at radius 2 is 1.54 bits per heavy atom. The molecular formula is C24H32NO3. The predicted octanol–water partition coefficient (Wildman–Crippen LogP) is 5.29. The largest absolute Gasteiger partial charge is 0.497 e. The maximum atomic E-state index is 6.09. The molecule has 151 valence electrons. The van der Waals surface area contributed by atoms with E-state index >= 15 is 0 Å². The van der Waals surface area contributed by atoms with Gasteiger partial charge in [-0.15, -0.1) is 0 Å². The molecule has 28 heavy (non-hydrogen) atoms. The van der Waals surface area contributed by atoms with E-state index in [-0.39, 0.29) is 6.10 Å². The van der Waals surface area contributed by atoms with E-state index in [2.05, 4.69) is 24.0 Å². The van der Waals surface area contributed by atoms with Gasteiger partial charge in [-0.1, -0.05) is 18.6 Å². The van der Waals surface area contributed by atoms with Crippen molar-refractivity contribution in [3.63, 3.8) is 0 Å². The lowest BCUT2D eigenvalue weighted by molar-refractivity contribution is 0.204. The molecule has 1 radical (unpaired) electrons. The number of hydrogen-bond donors (Lipinski definition) is 0. The lowest BCUT2D eigenvalue weighted by atomic mass is 10.1. The van der Waals surface area contributed by atoms with Crippen molar-refractivity contribution in [1.29, 1.82) is 0 Å². The normalized spacial score (nSPS) is 15.8. The number of rotatable bonds is 10. The van der Waals surface area contributed by atoms with Gasteiger partial charge in [-0.05, 0) is 87.7 Å². The Bertz CT molecular complexity index is 678. The molecule has 0 spiro atoms. The summed E-state index contributed by atoms with van der Waals surface area (Å²) in [5.74, 6) is 2.54. The second kappa shape index (κ2) is 11.0. The fourth-order valence-corrected chi connectivity index (χ4v) is 3.55. The summed E-state index contributed by atoms with van der Waals surface area (Å²) in [5, 5.41) is 0. The van der Waals surface area contributed by atoms with Crippen LogP contribution in [0, 0.1) is 6.92 Å². The molecule has 1 aliphatic heterocycles. The number of nitrogens with zero attached hydrogens (tertiary/aromatic N) is 1. The van der Waals surface area contributed by atoms with Crippen molar-refractivity contribution in [2.75, 3.05) is 33.4 Å². The summed E-state index contributed by atoms with van der Waals surface area (Å²) in [5.41, 5.74) is 1.10. The fraction of sp³-hybridized carbons (Fsp3) is 0.458. The minimum atomic E-state index is -0.0819. The first-order valence-corrected chi connectivity index (χ1v) is 10.3. The van der Waals surface area contributed by atoms with Crippen molar-refractivity contribution in [3.8, 4) is 17.2 Å². The third-order valence-electron chi connectivity index (χ3n) is 5.19. The molecule has 2 aromatic rings. The molecule has 0 N–H and O–H groups in total. The third kappa shape index (κ3) is 6.16. The maximum Gasteiger partial charge on any atom is 0.124 e. The quantitative estimate of drug-likeness (QED) is 0.522. The number of methoxy groups -OCH3 is 1. The standard InChI is InChI=1S/C24H32NO3/c1-3-24(28-23-14-12-21(26-2)13-15-23)20-8-10-22(11-9-20)27-19-7-18-25-16-5-4-6-17-25/h8-15,24H,1,3-7,16-19H2,2H3. The SMILES string of the molecule is [CH2]CC(Oc1ccc(OC)cc1)c1ccc(OCCCN2CCCCC2)cc1. The lowest BCUT2D eigenvalue weighted by Crippen LogP contribution is -2.31. The summed E-state index contributed by atoms with van der Waals surface area (Å²) in [7, 11) is 1.66. The first kappa shape index (κ1) is 20.5. The van der Waals surface area contributed by atoms with E-state index in [1.807, 2.05) is 36.4 Å².